The molecular formula is C13H19FN2OS. The average Bonchev–Trinajstić information content (AvgIpc) is 2.28. The zero-order valence-electron chi connectivity index (χ0n) is 10.9. The van der Waals surface area contributed by atoms with Gasteiger partial charge in [0.1, 0.15) is 10.8 Å². The SMILES string of the molecule is CC(C)OCCN(C)c1ccc(F)cc1C(N)=S. The summed E-state index contributed by atoms with van der Waals surface area (Å²) in [6.07, 6.45) is 0.196. The molecule has 18 heavy (non-hydrogen) atoms. The molecule has 0 bridgehead atoms. The van der Waals surface area contributed by atoms with Gasteiger partial charge in [-0.2, -0.15) is 0 Å². The number of thiocarbonyl (C=S) groups is 1. The Hall–Kier alpha value is -1.20. The van der Waals surface area contributed by atoms with Gasteiger partial charge in [-0.1, -0.05) is 12.2 Å². The molecule has 5 heteroatoms. The van der Waals surface area contributed by atoms with Crippen LogP contribution < -0.4 is 10.6 Å². The van der Waals surface area contributed by atoms with E-state index in [9.17, 15) is 4.39 Å². The van der Waals surface area contributed by atoms with E-state index in [1.54, 1.807) is 6.07 Å². The number of ether oxygens (including phenoxy) is 1. The number of rotatable bonds is 6. The molecule has 0 aliphatic carbocycles. The van der Waals surface area contributed by atoms with Crippen LogP contribution in [0.2, 0.25) is 0 Å². The van der Waals surface area contributed by atoms with Gasteiger partial charge in [0.25, 0.3) is 0 Å². The van der Waals surface area contributed by atoms with Crippen LogP contribution >= 0.6 is 12.2 Å². The van der Waals surface area contributed by atoms with Crippen molar-refractivity contribution < 1.29 is 9.13 Å². The summed E-state index contributed by atoms with van der Waals surface area (Å²) in [5.74, 6) is -0.339. The molecule has 0 saturated carbocycles. The Morgan fingerprint density at radius 3 is 2.72 bits per heavy atom. The Balaban J connectivity index is 2.78. The van der Waals surface area contributed by atoms with Crippen LogP contribution in [0.5, 0.6) is 0 Å². The highest BCUT2D eigenvalue weighted by Gasteiger charge is 2.11. The molecule has 0 radical (unpaired) electrons. The summed E-state index contributed by atoms with van der Waals surface area (Å²) in [5.41, 5.74) is 6.97. The van der Waals surface area contributed by atoms with Crippen molar-refractivity contribution in [3.63, 3.8) is 0 Å². The van der Waals surface area contributed by atoms with Crippen LogP contribution in [-0.4, -0.2) is 31.3 Å². The lowest BCUT2D eigenvalue weighted by atomic mass is 10.1. The summed E-state index contributed by atoms with van der Waals surface area (Å²) >= 11 is 4.94. The van der Waals surface area contributed by atoms with Crippen molar-refractivity contribution in [2.45, 2.75) is 20.0 Å². The van der Waals surface area contributed by atoms with Crippen LogP contribution in [0.4, 0.5) is 10.1 Å². The Labute approximate surface area is 113 Å². The summed E-state index contributed by atoms with van der Waals surface area (Å²) < 4.78 is 18.6. The molecule has 0 aliphatic heterocycles. The highest BCUT2D eigenvalue weighted by molar-refractivity contribution is 7.80. The van der Waals surface area contributed by atoms with Gasteiger partial charge in [-0.3, -0.25) is 0 Å². The van der Waals surface area contributed by atoms with Gasteiger partial charge >= 0.3 is 0 Å². The minimum Gasteiger partial charge on any atom is -0.389 e. The first-order valence-electron chi connectivity index (χ1n) is 5.84. The van der Waals surface area contributed by atoms with Gasteiger partial charge in [0.15, 0.2) is 0 Å². The number of hydrogen-bond donors (Lipinski definition) is 1. The normalized spacial score (nSPS) is 10.7. The molecule has 0 atom stereocenters. The molecule has 100 valence electrons. The molecule has 0 aliphatic rings. The standard InChI is InChI=1S/C13H19FN2OS/c1-9(2)17-7-6-16(3)12-5-4-10(14)8-11(12)13(15)18/h4-5,8-9H,6-7H2,1-3H3,(H2,15,18). The maximum Gasteiger partial charge on any atom is 0.124 e. The molecule has 0 fully saturated rings. The first kappa shape index (κ1) is 14.9. The minimum absolute atomic E-state index is 0.195. The molecule has 0 amide bonds. The van der Waals surface area contributed by atoms with E-state index in [0.717, 1.165) is 5.69 Å². The summed E-state index contributed by atoms with van der Waals surface area (Å²) in [5, 5.41) is 0. The Morgan fingerprint density at radius 1 is 1.50 bits per heavy atom. The van der Waals surface area contributed by atoms with Crippen molar-refractivity contribution in [3.8, 4) is 0 Å². The maximum absolute atomic E-state index is 13.2. The lowest BCUT2D eigenvalue weighted by Gasteiger charge is -2.22. The van der Waals surface area contributed by atoms with Crippen LogP contribution in [0, 0.1) is 5.82 Å². The topological polar surface area (TPSA) is 38.5 Å². The number of hydrogen-bond acceptors (Lipinski definition) is 3. The molecule has 0 spiro atoms. The van der Waals surface area contributed by atoms with E-state index in [4.69, 9.17) is 22.7 Å². The van der Waals surface area contributed by atoms with Gasteiger partial charge in [0, 0.05) is 24.8 Å². The lowest BCUT2D eigenvalue weighted by molar-refractivity contribution is 0.0846. The van der Waals surface area contributed by atoms with Crippen molar-refractivity contribution in [1.29, 1.82) is 0 Å². The van der Waals surface area contributed by atoms with Crippen molar-refractivity contribution in [3.05, 3.63) is 29.6 Å². The highest BCUT2D eigenvalue weighted by Crippen LogP contribution is 2.20. The van der Waals surface area contributed by atoms with Crippen LogP contribution in [0.1, 0.15) is 19.4 Å². The highest BCUT2D eigenvalue weighted by atomic mass is 32.1. The van der Waals surface area contributed by atoms with E-state index in [1.807, 2.05) is 25.8 Å². The molecule has 1 rings (SSSR count). The second-order valence-corrected chi connectivity index (χ2v) is 4.81. The van der Waals surface area contributed by atoms with Crippen molar-refractivity contribution >= 4 is 22.9 Å². The zero-order valence-corrected chi connectivity index (χ0v) is 11.8. The average molecular weight is 270 g/mol. The van der Waals surface area contributed by atoms with Gasteiger partial charge in [0.05, 0.1) is 12.7 Å². The predicted molar refractivity (Wildman–Crippen MR) is 76.6 cm³/mol. The molecule has 1 aromatic carbocycles. The molecule has 2 N–H and O–H groups in total. The van der Waals surface area contributed by atoms with Gasteiger partial charge in [-0.05, 0) is 32.0 Å². The van der Waals surface area contributed by atoms with E-state index < -0.39 is 0 Å². The summed E-state index contributed by atoms with van der Waals surface area (Å²) in [4.78, 5) is 2.15. The fourth-order valence-electron chi connectivity index (χ4n) is 1.58. The number of anilines is 1. The molecular weight excluding hydrogens is 251 g/mol. The van der Waals surface area contributed by atoms with Crippen LogP contribution in [0.25, 0.3) is 0 Å². The number of halogens is 1. The summed E-state index contributed by atoms with van der Waals surface area (Å²) in [6.45, 7) is 5.26. The van der Waals surface area contributed by atoms with Gasteiger partial charge in [-0.25, -0.2) is 4.39 Å². The summed E-state index contributed by atoms with van der Waals surface area (Å²) in [6, 6.07) is 4.44. The van der Waals surface area contributed by atoms with Crippen molar-refractivity contribution in [2.75, 3.05) is 25.1 Å². The smallest absolute Gasteiger partial charge is 0.124 e. The fourth-order valence-corrected chi connectivity index (χ4v) is 1.75. The van der Waals surface area contributed by atoms with Crippen molar-refractivity contribution in [1.82, 2.24) is 0 Å². The molecule has 0 saturated heterocycles. The number of nitrogens with zero attached hydrogens (tertiary/aromatic N) is 1. The third-order valence-corrected chi connectivity index (χ3v) is 2.73. The van der Waals surface area contributed by atoms with Crippen LogP contribution in [0.15, 0.2) is 18.2 Å². The Kier molecular flexibility index (Phi) is 5.50. The van der Waals surface area contributed by atoms with Gasteiger partial charge in [-0.15, -0.1) is 0 Å². The zero-order chi connectivity index (χ0) is 13.7. The van der Waals surface area contributed by atoms with Crippen LogP contribution in [-0.2, 0) is 4.74 Å². The fraction of sp³-hybridized carbons (Fsp3) is 0.462. The van der Waals surface area contributed by atoms with Gasteiger partial charge in [0.2, 0.25) is 0 Å². The predicted octanol–water partition coefficient (Wildman–Crippen LogP) is 2.32. The molecule has 3 nitrogen and oxygen atoms in total. The van der Waals surface area contributed by atoms with E-state index in [0.29, 0.717) is 18.7 Å². The third kappa shape index (κ3) is 4.23. The molecule has 0 heterocycles. The van der Waals surface area contributed by atoms with E-state index in [1.165, 1.54) is 12.1 Å². The largest absolute Gasteiger partial charge is 0.389 e. The molecule has 0 aromatic heterocycles. The minimum atomic E-state index is -0.339. The Bertz CT molecular complexity index is 423. The van der Waals surface area contributed by atoms with Crippen molar-refractivity contribution in [2.24, 2.45) is 5.73 Å². The number of nitrogens with two attached hydrogens (primary N) is 1. The van der Waals surface area contributed by atoms with E-state index >= 15 is 0 Å². The number of likely N-dealkylation sites (N-methyl/N-ethyl adjacent to an activating group) is 1. The second kappa shape index (κ2) is 6.66. The third-order valence-electron chi connectivity index (χ3n) is 2.51. The molecule has 1 aromatic rings. The maximum atomic E-state index is 13.2. The summed E-state index contributed by atoms with van der Waals surface area (Å²) in [7, 11) is 1.90. The second-order valence-electron chi connectivity index (χ2n) is 4.37. The van der Waals surface area contributed by atoms with E-state index in [-0.39, 0.29) is 16.9 Å². The Morgan fingerprint density at radius 2 is 2.17 bits per heavy atom. The van der Waals surface area contributed by atoms with Crippen LogP contribution in [0.3, 0.4) is 0 Å². The first-order valence-corrected chi connectivity index (χ1v) is 6.24. The number of benzene rings is 1. The lowest BCUT2D eigenvalue weighted by Crippen LogP contribution is -2.26. The quantitative estimate of drug-likeness (QED) is 0.805. The first-order chi connectivity index (χ1) is 8.41. The van der Waals surface area contributed by atoms with E-state index in [2.05, 4.69) is 0 Å². The van der Waals surface area contributed by atoms with Gasteiger partial charge < -0.3 is 15.4 Å². The molecule has 0 unspecified atom stereocenters. The monoisotopic (exact) mass is 270 g/mol.